The molecule has 1 aliphatic heterocycles. The van der Waals surface area contributed by atoms with Crippen molar-refractivity contribution in [1.29, 1.82) is 0 Å². The van der Waals surface area contributed by atoms with Crippen LogP contribution in [0.1, 0.15) is 12.8 Å². The van der Waals surface area contributed by atoms with Crippen LogP contribution in [0.2, 0.25) is 0 Å². The number of halogens is 2. The molecule has 1 fully saturated rings. The summed E-state index contributed by atoms with van der Waals surface area (Å²) in [6.07, 6.45) is 1.12. The summed E-state index contributed by atoms with van der Waals surface area (Å²) in [4.78, 5) is -0.318. The minimum absolute atomic E-state index is 0.318. The number of nitrogens with one attached hydrogen (secondary N) is 1. The van der Waals surface area contributed by atoms with E-state index < -0.39 is 21.4 Å². The standard InChI is InChI=1S/C12H15BrFNO3S/c13-9-12(5-7-18-8-6-12)15-19(16,17)11-4-2-1-3-10(11)14/h1-4,15H,5-9H2. The van der Waals surface area contributed by atoms with Crippen LogP contribution < -0.4 is 4.72 Å². The van der Waals surface area contributed by atoms with Gasteiger partial charge < -0.3 is 4.74 Å². The molecule has 106 valence electrons. The van der Waals surface area contributed by atoms with Gasteiger partial charge in [0.1, 0.15) is 10.7 Å². The van der Waals surface area contributed by atoms with Crippen molar-refractivity contribution in [3.05, 3.63) is 30.1 Å². The molecule has 0 amide bonds. The van der Waals surface area contributed by atoms with Crippen LogP contribution in [0.5, 0.6) is 0 Å². The second-order valence-corrected chi connectivity index (χ2v) is 6.77. The lowest BCUT2D eigenvalue weighted by Crippen LogP contribution is -2.53. The fraction of sp³-hybridized carbons (Fsp3) is 0.500. The number of ether oxygens (including phenoxy) is 1. The minimum Gasteiger partial charge on any atom is -0.381 e. The van der Waals surface area contributed by atoms with E-state index in [0.29, 0.717) is 31.4 Å². The van der Waals surface area contributed by atoms with Gasteiger partial charge in [-0.2, -0.15) is 0 Å². The van der Waals surface area contributed by atoms with Crippen LogP contribution in [-0.2, 0) is 14.8 Å². The van der Waals surface area contributed by atoms with Gasteiger partial charge in [0.25, 0.3) is 0 Å². The molecule has 1 aromatic carbocycles. The summed E-state index contributed by atoms with van der Waals surface area (Å²) in [6, 6.07) is 5.36. The van der Waals surface area contributed by atoms with Gasteiger partial charge in [-0.1, -0.05) is 28.1 Å². The van der Waals surface area contributed by atoms with Crippen molar-refractivity contribution in [2.24, 2.45) is 0 Å². The summed E-state index contributed by atoms with van der Waals surface area (Å²) in [7, 11) is -3.87. The Hall–Kier alpha value is -0.500. The number of alkyl halides is 1. The van der Waals surface area contributed by atoms with Crippen molar-refractivity contribution in [3.8, 4) is 0 Å². The average Bonchev–Trinajstić information content (AvgIpc) is 2.39. The number of benzene rings is 1. The molecule has 0 aromatic heterocycles. The Kier molecular flexibility index (Phi) is 4.60. The Labute approximate surface area is 120 Å². The maximum absolute atomic E-state index is 13.6. The van der Waals surface area contributed by atoms with E-state index in [-0.39, 0.29) is 4.90 Å². The molecule has 1 aromatic rings. The molecule has 1 heterocycles. The zero-order valence-corrected chi connectivity index (χ0v) is 12.6. The van der Waals surface area contributed by atoms with Crippen LogP contribution >= 0.6 is 15.9 Å². The van der Waals surface area contributed by atoms with Crippen molar-refractivity contribution >= 4 is 26.0 Å². The normalized spacial score (nSPS) is 19.3. The zero-order chi connectivity index (χ0) is 13.9. The van der Waals surface area contributed by atoms with Crippen LogP contribution in [0.25, 0.3) is 0 Å². The van der Waals surface area contributed by atoms with Crippen LogP contribution in [0.4, 0.5) is 4.39 Å². The van der Waals surface area contributed by atoms with E-state index >= 15 is 0 Å². The number of rotatable bonds is 4. The quantitative estimate of drug-likeness (QED) is 0.844. The maximum Gasteiger partial charge on any atom is 0.244 e. The Balaban J connectivity index is 2.28. The second-order valence-electron chi connectivity index (χ2n) is 4.56. The van der Waals surface area contributed by atoms with Gasteiger partial charge in [-0.25, -0.2) is 17.5 Å². The zero-order valence-electron chi connectivity index (χ0n) is 10.2. The SMILES string of the molecule is O=S(=O)(NC1(CBr)CCOCC1)c1ccccc1F. The predicted octanol–water partition coefficient (Wildman–Crippen LogP) is 2.05. The molecule has 2 rings (SSSR count). The van der Waals surface area contributed by atoms with E-state index in [1.807, 2.05) is 0 Å². The molecule has 0 unspecified atom stereocenters. The molecule has 4 nitrogen and oxygen atoms in total. The van der Waals surface area contributed by atoms with Gasteiger partial charge in [-0.15, -0.1) is 0 Å². The van der Waals surface area contributed by atoms with Crippen molar-refractivity contribution in [1.82, 2.24) is 4.72 Å². The summed E-state index contributed by atoms with van der Waals surface area (Å²) in [5.41, 5.74) is -0.612. The Morgan fingerprint density at radius 3 is 2.53 bits per heavy atom. The van der Waals surface area contributed by atoms with Gasteiger partial charge in [-0.3, -0.25) is 0 Å². The van der Waals surface area contributed by atoms with Gasteiger partial charge in [0.2, 0.25) is 10.0 Å². The van der Waals surface area contributed by atoms with E-state index in [1.165, 1.54) is 18.2 Å². The number of hydrogen-bond acceptors (Lipinski definition) is 3. The lowest BCUT2D eigenvalue weighted by molar-refractivity contribution is 0.0557. The highest BCUT2D eigenvalue weighted by atomic mass is 79.9. The lowest BCUT2D eigenvalue weighted by Gasteiger charge is -2.36. The highest BCUT2D eigenvalue weighted by Crippen LogP contribution is 2.26. The van der Waals surface area contributed by atoms with Crippen LogP contribution in [0.15, 0.2) is 29.2 Å². The van der Waals surface area contributed by atoms with E-state index in [1.54, 1.807) is 0 Å². The molecule has 1 N–H and O–H groups in total. The third-order valence-electron chi connectivity index (χ3n) is 3.18. The molecular formula is C12H15BrFNO3S. The largest absolute Gasteiger partial charge is 0.381 e. The maximum atomic E-state index is 13.6. The fourth-order valence-corrected chi connectivity index (χ4v) is 4.45. The summed E-state index contributed by atoms with van der Waals surface area (Å²) >= 11 is 3.34. The summed E-state index contributed by atoms with van der Waals surface area (Å²) in [6.45, 7) is 0.983. The van der Waals surface area contributed by atoms with Crippen molar-refractivity contribution in [2.45, 2.75) is 23.3 Å². The smallest absolute Gasteiger partial charge is 0.244 e. The van der Waals surface area contributed by atoms with Gasteiger partial charge in [0, 0.05) is 24.1 Å². The fourth-order valence-electron chi connectivity index (χ4n) is 2.03. The Morgan fingerprint density at radius 2 is 1.95 bits per heavy atom. The van der Waals surface area contributed by atoms with E-state index in [9.17, 15) is 12.8 Å². The first-order chi connectivity index (χ1) is 8.99. The van der Waals surface area contributed by atoms with E-state index in [2.05, 4.69) is 20.7 Å². The first-order valence-electron chi connectivity index (χ1n) is 5.91. The summed E-state index contributed by atoms with van der Waals surface area (Å²) in [5, 5.41) is 0.469. The summed E-state index contributed by atoms with van der Waals surface area (Å²) in [5.74, 6) is -0.744. The molecule has 1 saturated heterocycles. The van der Waals surface area contributed by atoms with Crippen LogP contribution in [-0.4, -0.2) is 32.5 Å². The molecule has 0 aliphatic carbocycles. The molecule has 19 heavy (non-hydrogen) atoms. The first kappa shape index (κ1) is 14.9. The van der Waals surface area contributed by atoms with Crippen LogP contribution in [0.3, 0.4) is 0 Å². The van der Waals surface area contributed by atoms with Crippen molar-refractivity contribution in [2.75, 3.05) is 18.5 Å². The molecule has 7 heteroatoms. The van der Waals surface area contributed by atoms with Gasteiger partial charge in [-0.05, 0) is 25.0 Å². The number of sulfonamides is 1. The lowest BCUT2D eigenvalue weighted by atomic mass is 9.94. The monoisotopic (exact) mass is 351 g/mol. The molecule has 1 aliphatic rings. The van der Waals surface area contributed by atoms with Crippen molar-refractivity contribution in [3.63, 3.8) is 0 Å². The molecule has 0 saturated carbocycles. The Bertz CT molecular complexity index is 544. The molecule has 0 radical (unpaired) electrons. The second kappa shape index (κ2) is 5.87. The average molecular weight is 352 g/mol. The third kappa shape index (κ3) is 3.34. The third-order valence-corrected chi connectivity index (χ3v) is 5.87. The van der Waals surface area contributed by atoms with Gasteiger partial charge >= 0.3 is 0 Å². The highest BCUT2D eigenvalue weighted by molar-refractivity contribution is 9.09. The van der Waals surface area contributed by atoms with E-state index in [0.717, 1.165) is 6.07 Å². The van der Waals surface area contributed by atoms with Crippen LogP contribution in [0, 0.1) is 5.82 Å². The molecule has 0 bridgehead atoms. The minimum atomic E-state index is -3.87. The van der Waals surface area contributed by atoms with Gasteiger partial charge in [0.05, 0.1) is 0 Å². The predicted molar refractivity (Wildman–Crippen MR) is 73.3 cm³/mol. The molecule has 0 spiro atoms. The van der Waals surface area contributed by atoms with Gasteiger partial charge in [0.15, 0.2) is 0 Å². The van der Waals surface area contributed by atoms with E-state index in [4.69, 9.17) is 4.74 Å². The number of hydrogen-bond donors (Lipinski definition) is 1. The highest BCUT2D eigenvalue weighted by Gasteiger charge is 2.36. The first-order valence-corrected chi connectivity index (χ1v) is 8.52. The summed E-state index contributed by atoms with van der Waals surface area (Å²) < 4.78 is 46.0. The Morgan fingerprint density at radius 1 is 1.32 bits per heavy atom. The topological polar surface area (TPSA) is 55.4 Å². The van der Waals surface area contributed by atoms with Crippen molar-refractivity contribution < 1.29 is 17.5 Å². The molecule has 0 atom stereocenters. The molecular weight excluding hydrogens is 337 g/mol.